The molecule has 0 aromatic heterocycles. The Morgan fingerprint density at radius 1 is 1.25 bits per heavy atom. The van der Waals surface area contributed by atoms with Gasteiger partial charge in [0.05, 0.1) is 20.9 Å². The summed E-state index contributed by atoms with van der Waals surface area (Å²) < 4.78 is 9.18. The van der Waals surface area contributed by atoms with Crippen molar-refractivity contribution in [2.45, 2.75) is 19.4 Å². The van der Waals surface area contributed by atoms with Crippen molar-refractivity contribution >= 4 is 18.0 Å². The molecule has 8 nitrogen and oxygen atoms in total. The third-order valence-corrected chi connectivity index (χ3v) is 3.24. The number of amides is 2. The topological polar surface area (TPSA) is 97.0 Å². The van der Waals surface area contributed by atoms with Crippen molar-refractivity contribution < 1.29 is 23.9 Å². The van der Waals surface area contributed by atoms with E-state index in [0.29, 0.717) is 12.1 Å². The molecule has 1 unspecified atom stereocenters. The van der Waals surface area contributed by atoms with Crippen molar-refractivity contribution in [3.05, 3.63) is 35.4 Å². The van der Waals surface area contributed by atoms with E-state index in [9.17, 15) is 14.4 Å². The lowest BCUT2D eigenvalue weighted by Crippen LogP contribution is -2.52. The summed E-state index contributed by atoms with van der Waals surface area (Å²) in [6.45, 7) is 1.53. The number of nitrogens with zero attached hydrogens (tertiary/aromatic N) is 1. The zero-order chi connectivity index (χ0) is 17.9. The minimum Gasteiger partial charge on any atom is -0.467 e. The molecule has 2 N–H and O–H groups in total. The first-order valence-electron chi connectivity index (χ1n) is 7.34. The van der Waals surface area contributed by atoms with Crippen LogP contribution in [-0.4, -0.2) is 56.3 Å². The summed E-state index contributed by atoms with van der Waals surface area (Å²) in [6.07, 6.45) is 4.73. The van der Waals surface area contributed by atoms with Crippen LogP contribution in [0.2, 0.25) is 0 Å². The number of carbonyl (C=O) groups excluding carboxylic acids is 3. The zero-order valence-corrected chi connectivity index (χ0v) is 13.9. The van der Waals surface area contributed by atoms with Gasteiger partial charge in [0.2, 0.25) is 5.91 Å². The third-order valence-electron chi connectivity index (χ3n) is 3.24. The molecule has 1 aliphatic carbocycles. The van der Waals surface area contributed by atoms with Crippen molar-refractivity contribution in [3.8, 4) is 0 Å². The average Bonchev–Trinajstić information content (AvgIpc) is 2.62. The van der Waals surface area contributed by atoms with E-state index in [2.05, 4.69) is 26.8 Å². The molecule has 8 heteroatoms. The van der Waals surface area contributed by atoms with Gasteiger partial charge in [-0.25, -0.2) is 9.59 Å². The predicted octanol–water partition coefficient (Wildman–Crippen LogP) is 0.434. The number of ether oxygens (including phenoxy) is 2. The van der Waals surface area contributed by atoms with Gasteiger partial charge >= 0.3 is 12.1 Å². The number of esters is 1. The van der Waals surface area contributed by atoms with Crippen molar-refractivity contribution in [3.63, 3.8) is 0 Å². The number of hydrogen-bond donors (Lipinski definition) is 2. The monoisotopic (exact) mass is 335 g/mol. The summed E-state index contributed by atoms with van der Waals surface area (Å²) in [5.41, 5.74) is 6.26. The Morgan fingerprint density at radius 2 is 2.00 bits per heavy atom. The molecule has 1 aliphatic rings. The highest BCUT2D eigenvalue weighted by Crippen LogP contribution is 2.07. The minimum atomic E-state index is -0.770. The van der Waals surface area contributed by atoms with Gasteiger partial charge < -0.3 is 25.0 Å². The smallest absolute Gasteiger partial charge is 0.407 e. The second kappa shape index (κ2) is 9.94. The fourth-order valence-electron chi connectivity index (χ4n) is 1.98. The number of allylic oxidation sites excluding steroid dienone is 3. The highest BCUT2D eigenvalue weighted by molar-refractivity contribution is 5.87. The lowest BCUT2D eigenvalue weighted by molar-refractivity contribution is -0.153. The Hall–Kier alpha value is -2.95. The molecular formula is C16H21N3O5. The number of rotatable bonds is 8. The summed E-state index contributed by atoms with van der Waals surface area (Å²) >= 11 is 0. The standard InChI is InChI=1S/C16H21N3O5/c1-4-13(15(21)23-2)19(14(20)10-17-16(22)24-3)11-18-12-8-6-5-7-9-12/h6,8-9,13,18H,4,10-11H2,1-3H3,(H,17,22). The first kappa shape index (κ1) is 19.1. The molecule has 0 saturated heterocycles. The van der Waals surface area contributed by atoms with Gasteiger partial charge in [-0.2, -0.15) is 0 Å². The minimum absolute atomic E-state index is 0.0626. The van der Waals surface area contributed by atoms with E-state index in [4.69, 9.17) is 4.74 Å². The van der Waals surface area contributed by atoms with E-state index < -0.39 is 24.0 Å². The molecular weight excluding hydrogens is 314 g/mol. The van der Waals surface area contributed by atoms with Crippen molar-refractivity contribution in [2.24, 2.45) is 0 Å². The highest BCUT2D eigenvalue weighted by Gasteiger charge is 2.29. The molecule has 130 valence electrons. The molecule has 1 rings (SSSR count). The third kappa shape index (κ3) is 5.68. The molecule has 0 bridgehead atoms. The van der Waals surface area contributed by atoms with Gasteiger partial charge in [-0.15, -0.1) is 0 Å². The van der Waals surface area contributed by atoms with Gasteiger partial charge in [0.1, 0.15) is 12.6 Å². The normalized spacial score (nSPS) is 12.9. The van der Waals surface area contributed by atoms with Gasteiger partial charge in [0.25, 0.3) is 0 Å². The number of methoxy groups -OCH3 is 2. The van der Waals surface area contributed by atoms with Crippen molar-refractivity contribution in [1.29, 1.82) is 0 Å². The Labute approximate surface area is 140 Å². The van der Waals surface area contributed by atoms with Crippen LogP contribution in [0.15, 0.2) is 35.4 Å². The van der Waals surface area contributed by atoms with Gasteiger partial charge in [-0.05, 0) is 18.6 Å². The van der Waals surface area contributed by atoms with Gasteiger partial charge in [0, 0.05) is 11.8 Å². The maximum Gasteiger partial charge on any atom is 0.407 e. The lowest BCUT2D eigenvalue weighted by Gasteiger charge is -2.30. The van der Waals surface area contributed by atoms with E-state index in [1.165, 1.54) is 19.1 Å². The van der Waals surface area contributed by atoms with Crippen molar-refractivity contribution in [2.75, 3.05) is 27.4 Å². The number of nitrogens with one attached hydrogen (secondary N) is 2. The molecule has 24 heavy (non-hydrogen) atoms. The first-order valence-corrected chi connectivity index (χ1v) is 7.34. The summed E-state index contributed by atoms with van der Waals surface area (Å²) in [5, 5.41) is 5.33. The Balaban J connectivity index is 2.80. The second-order valence-electron chi connectivity index (χ2n) is 4.71. The van der Waals surface area contributed by atoms with Crippen LogP contribution in [0, 0.1) is 0 Å². The van der Waals surface area contributed by atoms with E-state index in [1.807, 2.05) is 0 Å². The van der Waals surface area contributed by atoms with E-state index in [0.717, 1.165) is 0 Å². The zero-order valence-electron chi connectivity index (χ0n) is 13.9. The molecule has 0 saturated carbocycles. The van der Waals surface area contributed by atoms with E-state index >= 15 is 0 Å². The predicted molar refractivity (Wildman–Crippen MR) is 85.6 cm³/mol. The maximum absolute atomic E-state index is 12.4. The fraction of sp³-hybridized carbons (Fsp3) is 0.438. The summed E-state index contributed by atoms with van der Waals surface area (Å²) in [6, 6.07) is -0.770. The van der Waals surface area contributed by atoms with Crippen LogP contribution in [0.5, 0.6) is 0 Å². The number of hydrogen-bond acceptors (Lipinski definition) is 6. The molecule has 0 fully saturated rings. The second-order valence-corrected chi connectivity index (χ2v) is 4.71. The highest BCUT2D eigenvalue weighted by atomic mass is 16.5. The van der Waals surface area contributed by atoms with Gasteiger partial charge in [-0.3, -0.25) is 4.79 Å². The summed E-state index contributed by atoms with van der Waals surface area (Å²) in [4.78, 5) is 36.8. The molecule has 0 aromatic rings. The quantitative estimate of drug-likeness (QED) is 0.379. The molecule has 0 aliphatic heterocycles. The Kier molecular flexibility index (Phi) is 7.91. The Morgan fingerprint density at radius 3 is 2.54 bits per heavy atom. The number of carbonyl (C=O) groups is 3. The largest absolute Gasteiger partial charge is 0.467 e. The summed E-state index contributed by atoms with van der Waals surface area (Å²) in [5.74, 6) is -0.977. The van der Waals surface area contributed by atoms with Crippen LogP contribution in [0.3, 0.4) is 0 Å². The van der Waals surface area contributed by atoms with Crippen LogP contribution >= 0.6 is 0 Å². The molecule has 1 atom stereocenters. The van der Waals surface area contributed by atoms with Crippen LogP contribution in [0.1, 0.15) is 13.3 Å². The molecule has 0 radical (unpaired) electrons. The van der Waals surface area contributed by atoms with Gasteiger partial charge in [-0.1, -0.05) is 18.4 Å². The fourth-order valence-corrected chi connectivity index (χ4v) is 1.98. The molecule has 0 aromatic carbocycles. The average molecular weight is 335 g/mol. The maximum atomic E-state index is 12.4. The van der Waals surface area contributed by atoms with Crippen LogP contribution in [0.4, 0.5) is 4.79 Å². The van der Waals surface area contributed by atoms with Gasteiger partial charge in [0.15, 0.2) is 0 Å². The Bertz CT molecular complexity index is 613. The lowest BCUT2D eigenvalue weighted by atomic mass is 10.2. The van der Waals surface area contributed by atoms with Crippen LogP contribution in [0.25, 0.3) is 0 Å². The molecule has 0 spiro atoms. The van der Waals surface area contributed by atoms with Crippen molar-refractivity contribution in [1.82, 2.24) is 15.5 Å². The van der Waals surface area contributed by atoms with E-state index in [1.54, 1.807) is 25.2 Å². The number of alkyl carbamates (subject to hydrolysis) is 1. The first-order chi connectivity index (χ1) is 11.5. The molecule has 2 amide bonds. The van der Waals surface area contributed by atoms with E-state index in [-0.39, 0.29) is 13.2 Å². The molecule has 0 heterocycles. The summed E-state index contributed by atoms with van der Waals surface area (Å²) in [7, 11) is 2.46. The SMILES string of the molecule is CCC(C(=O)OC)N(CNC1=CC=C=C=C1)C(=O)CNC(=O)OC. The van der Waals surface area contributed by atoms with Crippen LogP contribution < -0.4 is 10.6 Å². The van der Waals surface area contributed by atoms with Crippen LogP contribution in [-0.2, 0) is 19.1 Å².